The average molecular weight is 257 g/mol. The van der Waals surface area contributed by atoms with E-state index in [2.05, 4.69) is 57.8 Å². The highest BCUT2D eigenvalue weighted by molar-refractivity contribution is 6.65. The summed E-state index contributed by atoms with van der Waals surface area (Å²) in [5.41, 5.74) is 2.84. The van der Waals surface area contributed by atoms with Crippen molar-refractivity contribution in [3.63, 3.8) is 0 Å². The Kier molecular flexibility index (Phi) is 2.60. The first kappa shape index (κ1) is 12.8. The highest BCUT2D eigenvalue weighted by atomic mass is 16.7. The first-order chi connectivity index (χ1) is 8.80. The number of aryl methyl sites for hydroxylation is 1. The third-order valence-corrected chi connectivity index (χ3v) is 4.38. The van der Waals surface area contributed by atoms with Gasteiger partial charge in [-0.3, -0.25) is 0 Å². The second kappa shape index (κ2) is 3.87. The number of hydrogen-bond donors (Lipinski definition) is 1. The average Bonchev–Trinajstić information content (AvgIpc) is 2.77. The summed E-state index contributed by atoms with van der Waals surface area (Å²) in [5, 5.41) is 1.18. The van der Waals surface area contributed by atoms with Crippen LogP contribution in [0.3, 0.4) is 0 Å². The molecule has 19 heavy (non-hydrogen) atoms. The minimum absolute atomic E-state index is 0.301. The molecule has 0 spiro atoms. The van der Waals surface area contributed by atoms with Crippen LogP contribution in [0.1, 0.15) is 33.3 Å². The summed E-state index contributed by atoms with van der Waals surface area (Å²) in [4.78, 5) is 3.29. The van der Waals surface area contributed by atoms with Crippen molar-refractivity contribution in [3.8, 4) is 0 Å². The number of nitrogens with one attached hydrogen (secondary N) is 1. The van der Waals surface area contributed by atoms with Gasteiger partial charge in [0.2, 0.25) is 0 Å². The van der Waals surface area contributed by atoms with Crippen LogP contribution in [-0.4, -0.2) is 23.3 Å². The number of aromatic nitrogens is 1. The van der Waals surface area contributed by atoms with E-state index >= 15 is 0 Å². The van der Waals surface area contributed by atoms with Gasteiger partial charge in [-0.15, -0.1) is 0 Å². The highest BCUT2D eigenvalue weighted by Crippen LogP contribution is 2.37. The van der Waals surface area contributed by atoms with Gasteiger partial charge in [0.25, 0.3) is 0 Å². The van der Waals surface area contributed by atoms with Gasteiger partial charge in [-0.25, -0.2) is 0 Å². The summed E-state index contributed by atoms with van der Waals surface area (Å²) in [6.07, 6.45) is 1.99. The molecule has 1 N–H and O–H groups in total. The summed E-state index contributed by atoms with van der Waals surface area (Å²) >= 11 is 0. The Labute approximate surface area is 114 Å². The van der Waals surface area contributed by atoms with E-state index in [0.717, 1.165) is 11.0 Å². The van der Waals surface area contributed by atoms with Crippen molar-refractivity contribution in [2.24, 2.45) is 0 Å². The van der Waals surface area contributed by atoms with Crippen LogP contribution in [0.4, 0.5) is 0 Å². The molecule has 1 aliphatic heterocycles. The summed E-state index contributed by atoms with van der Waals surface area (Å²) in [6, 6.07) is 6.37. The van der Waals surface area contributed by atoms with Gasteiger partial charge in [0.1, 0.15) is 0 Å². The first-order valence-corrected chi connectivity index (χ1v) is 6.73. The van der Waals surface area contributed by atoms with E-state index < -0.39 is 0 Å². The molecule has 1 saturated heterocycles. The molecule has 1 aliphatic rings. The highest BCUT2D eigenvalue weighted by Gasteiger charge is 2.52. The van der Waals surface area contributed by atoms with Crippen molar-refractivity contribution >= 4 is 23.5 Å². The fourth-order valence-electron chi connectivity index (χ4n) is 2.42. The molecule has 1 fully saturated rings. The summed E-state index contributed by atoms with van der Waals surface area (Å²) in [7, 11) is -0.305. The SMILES string of the molecule is Cc1ccc2[nH]cc(B3OC(C)(C)C(C)(C)O3)c2c1. The normalized spacial score (nSPS) is 21.2. The van der Waals surface area contributed by atoms with Crippen LogP contribution >= 0.6 is 0 Å². The maximum Gasteiger partial charge on any atom is 0.497 e. The van der Waals surface area contributed by atoms with Crippen molar-refractivity contribution in [1.29, 1.82) is 0 Å². The van der Waals surface area contributed by atoms with Gasteiger partial charge in [-0.2, -0.15) is 0 Å². The van der Waals surface area contributed by atoms with Crippen molar-refractivity contribution < 1.29 is 9.31 Å². The largest absolute Gasteiger partial charge is 0.497 e. The van der Waals surface area contributed by atoms with Crippen molar-refractivity contribution in [3.05, 3.63) is 30.0 Å². The zero-order chi connectivity index (χ0) is 13.8. The predicted molar refractivity (Wildman–Crippen MR) is 78.8 cm³/mol. The van der Waals surface area contributed by atoms with E-state index in [1.54, 1.807) is 0 Å². The second-order valence-electron chi connectivity index (χ2n) is 6.38. The molecule has 3 nitrogen and oxygen atoms in total. The van der Waals surface area contributed by atoms with Gasteiger partial charge in [-0.05, 0) is 46.1 Å². The minimum atomic E-state index is -0.305. The number of aromatic amines is 1. The fourth-order valence-corrected chi connectivity index (χ4v) is 2.42. The lowest BCUT2D eigenvalue weighted by Gasteiger charge is -2.32. The van der Waals surface area contributed by atoms with Crippen LogP contribution in [-0.2, 0) is 9.31 Å². The Morgan fingerprint density at radius 1 is 1.05 bits per heavy atom. The Balaban J connectivity index is 2.05. The third-order valence-electron chi connectivity index (χ3n) is 4.38. The molecule has 0 saturated carbocycles. The number of benzene rings is 1. The lowest BCUT2D eigenvalue weighted by atomic mass is 9.79. The number of hydrogen-bond acceptors (Lipinski definition) is 2. The lowest BCUT2D eigenvalue weighted by Crippen LogP contribution is -2.41. The molecule has 3 rings (SSSR count). The summed E-state index contributed by atoms with van der Waals surface area (Å²) in [6.45, 7) is 10.4. The number of H-pyrrole nitrogens is 1. The van der Waals surface area contributed by atoms with Crippen LogP contribution in [0.15, 0.2) is 24.4 Å². The first-order valence-electron chi connectivity index (χ1n) is 6.73. The van der Waals surface area contributed by atoms with E-state index in [-0.39, 0.29) is 18.3 Å². The van der Waals surface area contributed by atoms with Gasteiger partial charge in [0.05, 0.1) is 11.2 Å². The van der Waals surface area contributed by atoms with Crippen molar-refractivity contribution in [2.75, 3.05) is 0 Å². The lowest BCUT2D eigenvalue weighted by molar-refractivity contribution is 0.00578. The van der Waals surface area contributed by atoms with Crippen LogP contribution in [0, 0.1) is 6.92 Å². The standard InChI is InChI=1S/C15H20BNO2/c1-10-6-7-13-11(8-10)12(9-17-13)16-18-14(2,3)15(4,5)19-16/h6-9,17H,1-5H3. The van der Waals surface area contributed by atoms with Crippen LogP contribution in [0.5, 0.6) is 0 Å². The van der Waals surface area contributed by atoms with Gasteiger partial charge >= 0.3 is 7.12 Å². The van der Waals surface area contributed by atoms with Crippen LogP contribution < -0.4 is 5.46 Å². The van der Waals surface area contributed by atoms with Crippen molar-refractivity contribution in [2.45, 2.75) is 45.8 Å². The molecular weight excluding hydrogens is 237 g/mol. The summed E-state index contributed by atoms with van der Waals surface area (Å²) in [5.74, 6) is 0. The Morgan fingerprint density at radius 2 is 1.68 bits per heavy atom. The molecule has 1 aromatic heterocycles. The zero-order valence-corrected chi connectivity index (χ0v) is 12.2. The minimum Gasteiger partial charge on any atom is -0.399 e. The van der Waals surface area contributed by atoms with E-state index in [4.69, 9.17) is 9.31 Å². The number of rotatable bonds is 1. The molecule has 4 heteroatoms. The fraction of sp³-hybridized carbons (Fsp3) is 0.467. The zero-order valence-electron chi connectivity index (χ0n) is 12.2. The molecule has 0 radical (unpaired) electrons. The number of fused-ring (bicyclic) bond motifs is 1. The monoisotopic (exact) mass is 257 g/mol. The van der Waals surface area contributed by atoms with Crippen LogP contribution in [0.2, 0.25) is 0 Å². The molecule has 0 aliphatic carbocycles. The van der Waals surface area contributed by atoms with E-state index in [0.29, 0.717) is 0 Å². The molecular formula is C15H20BNO2. The van der Waals surface area contributed by atoms with Crippen molar-refractivity contribution in [1.82, 2.24) is 4.98 Å². The Bertz CT molecular complexity index is 614. The van der Waals surface area contributed by atoms with E-state index in [9.17, 15) is 0 Å². The second-order valence-corrected chi connectivity index (χ2v) is 6.38. The van der Waals surface area contributed by atoms with Gasteiger partial charge in [0.15, 0.2) is 0 Å². The molecule has 2 heterocycles. The van der Waals surface area contributed by atoms with E-state index in [1.165, 1.54) is 10.9 Å². The van der Waals surface area contributed by atoms with Crippen LogP contribution in [0.25, 0.3) is 10.9 Å². The Morgan fingerprint density at radius 3 is 2.32 bits per heavy atom. The van der Waals surface area contributed by atoms with E-state index in [1.807, 2.05) is 6.20 Å². The van der Waals surface area contributed by atoms with Gasteiger partial charge in [0, 0.05) is 17.2 Å². The quantitative estimate of drug-likeness (QED) is 0.797. The van der Waals surface area contributed by atoms with Gasteiger partial charge in [-0.1, -0.05) is 17.7 Å². The molecule has 0 unspecified atom stereocenters. The third kappa shape index (κ3) is 1.90. The topological polar surface area (TPSA) is 34.2 Å². The molecule has 2 aromatic rings. The maximum atomic E-state index is 6.11. The molecule has 0 atom stereocenters. The molecule has 100 valence electrons. The predicted octanol–water partition coefficient (Wildman–Crippen LogP) is 2.78. The molecule has 1 aromatic carbocycles. The Hall–Kier alpha value is -1.26. The summed E-state index contributed by atoms with van der Waals surface area (Å²) < 4.78 is 12.2. The smallest absolute Gasteiger partial charge is 0.399 e. The maximum absolute atomic E-state index is 6.11. The molecule has 0 bridgehead atoms. The molecule has 0 amide bonds. The van der Waals surface area contributed by atoms with Gasteiger partial charge < -0.3 is 14.3 Å².